The van der Waals surface area contributed by atoms with E-state index in [9.17, 15) is 9.59 Å². The van der Waals surface area contributed by atoms with Gasteiger partial charge in [0.2, 0.25) is 12.7 Å². The van der Waals surface area contributed by atoms with Crippen LogP contribution in [0.3, 0.4) is 0 Å². The Balaban J connectivity index is 1.40. The molecule has 1 fully saturated rings. The quantitative estimate of drug-likeness (QED) is 0.580. The number of rotatable bonds is 5. The average molecular weight is 490 g/mol. The van der Waals surface area contributed by atoms with Crippen molar-refractivity contribution < 1.29 is 23.8 Å². The third kappa shape index (κ3) is 3.75. The first-order valence-corrected chi connectivity index (χ1v) is 12.6. The van der Waals surface area contributed by atoms with Crippen LogP contribution in [-0.2, 0) is 17.9 Å². The van der Waals surface area contributed by atoms with E-state index in [-0.39, 0.29) is 31.2 Å². The van der Waals surface area contributed by atoms with Crippen LogP contribution in [0.25, 0.3) is 10.9 Å². The lowest BCUT2D eigenvalue weighted by molar-refractivity contribution is -0.134. The molecule has 0 radical (unpaired) electrons. The standard InChI is InChI=1S/C28H31N3O5/c1-28(27(33)29-20-6-4-3-5-7-20)16-30-22-14-21(34-2)10-9-19(22)13-23(30)26(32)31(28)15-18-8-11-24-25(12-18)36-17-35-24/h8-14,20H,3-7,15-17H2,1-2H3,(H,29,33). The predicted molar refractivity (Wildman–Crippen MR) is 134 cm³/mol. The molecule has 0 spiro atoms. The number of nitrogens with one attached hydrogen (secondary N) is 1. The largest absolute Gasteiger partial charge is 0.497 e. The molecule has 1 atom stereocenters. The Labute approximate surface area is 210 Å². The van der Waals surface area contributed by atoms with Crippen LogP contribution in [0, 0.1) is 0 Å². The number of carbonyl (C=O) groups excluding carboxylic acids is 2. The molecule has 1 saturated carbocycles. The number of carbonyl (C=O) groups is 2. The molecule has 0 saturated heterocycles. The third-order valence-corrected chi connectivity index (χ3v) is 7.84. The van der Waals surface area contributed by atoms with Crippen molar-refractivity contribution in [2.45, 2.75) is 63.7 Å². The van der Waals surface area contributed by atoms with E-state index in [4.69, 9.17) is 14.2 Å². The van der Waals surface area contributed by atoms with Gasteiger partial charge in [-0.25, -0.2) is 0 Å². The number of amides is 2. The number of nitrogens with zero attached hydrogens (tertiary/aromatic N) is 2. The summed E-state index contributed by atoms with van der Waals surface area (Å²) >= 11 is 0. The fourth-order valence-electron chi connectivity index (χ4n) is 5.71. The molecule has 3 aliphatic rings. The number of ether oxygens (including phenoxy) is 3. The van der Waals surface area contributed by atoms with Crippen molar-refractivity contribution in [3.8, 4) is 17.2 Å². The molecule has 1 N–H and O–H groups in total. The Kier molecular flexibility index (Phi) is 5.54. The van der Waals surface area contributed by atoms with Crippen LogP contribution in [0.15, 0.2) is 42.5 Å². The van der Waals surface area contributed by atoms with E-state index in [1.807, 2.05) is 54.0 Å². The molecule has 36 heavy (non-hydrogen) atoms. The zero-order chi connectivity index (χ0) is 24.9. The second-order valence-electron chi connectivity index (χ2n) is 10.2. The molecule has 2 aromatic carbocycles. The maximum Gasteiger partial charge on any atom is 0.271 e. The van der Waals surface area contributed by atoms with Gasteiger partial charge in [-0.2, -0.15) is 0 Å². The summed E-state index contributed by atoms with van der Waals surface area (Å²) in [5, 5.41) is 4.23. The van der Waals surface area contributed by atoms with Crippen molar-refractivity contribution in [3.63, 3.8) is 0 Å². The molecule has 2 aliphatic heterocycles. The van der Waals surface area contributed by atoms with Gasteiger partial charge < -0.3 is 29.0 Å². The van der Waals surface area contributed by atoms with Gasteiger partial charge >= 0.3 is 0 Å². The fourth-order valence-corrected chi connectivity index (χ4v) is 5.71. The van der Waals surface area contributed by atoms with Crippen LogP contribution in [0.2, 0.25) is 0 Å². The van der Waals surface area contributed by atoms with Crippen molar-refractivity contribution >= 4 is 22.7 Å². The summed E-state index contributed by atoms with van der Waals surface area (Å²) in [6.07, 6.45) is 5.40. The molecule has 1 aliphatic carbocycles. The van der Waals surface area contributed by atoms with E-state index in [1.165, 1.54) is 6.42 Å². The molecule has 1 unspecified atom stereocenters. The van der Waals surface area contributed by atoms with Crippen molar-refractivity contribution in [3.05, 3.63) is 53.7 Å². The molecule has 188 valence electrons. The highest BCUT2D eigenvalue weighted by Crippen LogP contribution is 2.37. The van der Waals surface area contributed by atoms with E-state index in [1.54, 1.807) is 12.0 Å². The molecule has 6 rings (SSSR count). The minimum atomic E-state index is -1.08. The molecule has 3 heterocycles. The highest BCUT2D eigenvalue weighted by molar-refractivity contribution is 6.03. The summed E-state index contributed by atoms with van der Waals surface area (Å²) in [5.41, 5.74) is 1.27. The summed E-state index contributed by atoms with van der Waals surface area (Å²) < 4.78 is 18.4. The summed E-state index contributed by atoms with van der Waals surface area (Å²) in [5.74, 6) is 1.78. The van der Waals surface area contributed by atoms with Crippen molar-refractivity contribution in [2.24, 2.45) is 0 Å². The zero-order valence-corrected chi connectivity index (χ0v) is 20.7. The normalized spacial score (nSPS) is 21.5. The number of hydrogen-bond acceptors (Lipinski definition) is 5. The van der Waals surface area contributed by atoms with Gasteiger partial charge in [0.1, 0.15) is 17.0 Å². The first-order valence-electron chi connectivity index (χ1n) is 12.6. The zero-order valence-electron chi connectivity index (χ0n) is 20.7. The van der Waals surface area contributed by atoms with Gasteiger partial charge in [-0.1, -0.05) is 25.3 Å². The molecule has 1 aromatic heterocycles. The van der Waals surface area contributed by atoms with Crippen LogP contribution in [0.4, 0.5) is 0 Å². The van der Waals surface area contributed by atoms with E-state index in [0.717, 1.165) is 42.1 Å². The Morgan fingerprint density at radius 2 is 1.89 bits per heavy atom. The van der Waals surface area contributed by atoms with Crippen LogP contribution >= 0.6 is 0 Å². The van der Waals surface area contributed by atoms with E-state index < -0.39 is 5.54 Å². The van der Waals surface area contributed by atoms with Gasteiger partial charge in [-0.15, -0.1) is 0 Å². The van der Waals surface area contributed by atoms with Crippen LogP contribution in [0.5, 0.6) is 17.2 Å². The number of benzene rings is 2. The molecule has 2 amide bonds. The van der Waals surface area contributed by atoms with Crippen LogP contribution < -0.4 is 19.5 Å². The minimum absolute atomic E-state index is 0.112. The second-order valence-corrected chi connectivity index (χ2v) is 10.2. The number of fused-ring (bicyclic) bond motifs is 4. The lowest BCUT2D eigenvalue weighted by Gasteiger charge is -2.45. The third-order valence-electron chi connectivity index (χ3n) is 7.84. The Bertz CT molecular complexity index is 1340. The van der Waals surface area contributed by atoms with E-state index in [2.05, 4.69) is 5.32 Å². The minimum Gasteiger partial charge on any atom is -0.497 e. The molecule has 0 bridgehead atoms. The highest BCUT2D eigenvalue weighted by Gasteiger charge is 2.48. The summed E-state index contributed by atoms with van der Waals surface area (Å²) in [7, 11) is 1.63. The monoisotopic (exact) mass is 489 g/mol. The molecule has 8 nitrogen and oxygen atoms in total. The van der Waals surface area contributed by atoms with Gasteiger partial charge in [0.15, 0.2) is 11.5 Å². The predicted octanol–water partition coefficient (Wildman–Crippen LogP) is 4.24. The van der Waals surface area contributed by atoms with Gasteiger partial charge in [-0.05, 0) is 55.7 Å². The molecular weight excluding hydrogens is 458 g/mol. The first kappa shape index (κ1) is 22.8. The first-order chi connectivity index (χ1) is 17.5. The van der Waals surface area contributed by atoms with Gasteiger partial charge in [-0.3, -0.25) is 9.59 Å². The molecular formula is C28H31N3O5. The fraction of sp³-hybridized carbons (Fsp3) is 0.429. The van der Waals surface area contributed by atoms with Crippen LogP contribution in [0.1, 0.15) is 55.1 Å². The molecule has 3 aromatic rings. The van der Waals surface area contributed by atoms with E-state index in [0.29, 0.717) is 29.5 Å². The van der Waals surface area contributed by atoms with Crippen molar-refractivity contribution in [1.29, 1.82) is 0 Å². The molecule has 8 heteroatoms. The summed E-state index contributed by atoms with van der Waals surface area (Å²) in [6.45, 7) is 2.71. The SMILES string of the molecule is COc1ccc2cc3n(c2c1)CC(C)(C(=O)NC1CCCCC1)N(Cc1ccc2c(c1)OCO2)C3=O. The Morgan fingerprint density at radius 1 is 1.08 bits per heavy atom. The summed E-state index contributed by atoms with van der Waals surface area (Å²) in [6, 6.07) is 13.5. The number of aromatic nitrogens is 1. The van der Waals surface area contributed by atoms with Gasteiger partial charge in [0.05, 0.1) is 19.2 Å². The maximum atomic E-state index is 14.0. The number of methoxy groups -OCH3 is 1. The van der Waals surface area contributed by atoms with Crippen LogP contribution in [-0.4, -0.2) is 46.8 Å². The number of hydrogen-bond donors (Lipinski definition) is 1. The maximum absolute atomic E-state index is 14.0. The Morgan fingerprint density at radius 3 is 2.69 bits per heavy atom. The average Bonchev–Trinajstić information content (AvgIpc) is 3.51. The van der Waals surface area contributed by atoms with Gasteiger partial charge in [0.25, 0.3) is 5.91 Å². The highest BCUT2D eigenvalue weighted by atomic mass is 16.7. The lowest BCUT2D eigenvalue weighted by atomic mass is 9.91. The topological polar surface area (TPSA) is 82.0 Å². The Hall–Kier alpha value is -3.68. The lowest BCUT2D eigenvalue weighted by Crippen LogP contribution is -2.64. The van der Waals surface area contributed by atoms with Gasteiger partial charge in [0, 0.05) is 24.0 Å². The second kappa shape index (κ2) is 8.76. The summed E-state index contributed by atoms with van der Waals surface area (Å²) in [4.78, 5) is 29.7. The smallest absolute Gasteiger partial charge is 0.271 e. The van der Waals surface area contributed by atoms with E-state index >= 15 is 0 Å². The van der Waals surface area contributed by atoms with Crippen molar-refractivity contribution in [2.75, 3.05) is 13.9 Å². The van der Waals surface area contributed by atoms with Crippen molar-refractivity contribution in [1.82, 2.24) is 14.8 Å².